The van der Waals surface area contributed by atoms with Crippen molar-refractivity contribution in [2.45, 2.75) is 31.7 Å². The number of carbonyl (C=O) groups is 1. The van der Waals surface area contributed by atoms with Crippen LogP contribution in [-0.2, 0) is 0 Å². The summed E-state index contributed by atoms with van der Waals surface area (Å²) >= 11 is 2.25. The van der Waals surface area contributed by atoms with Crippen LogP contribution in [0.2, 0.25) is 0 Å². The summed E-state index contributed by atoms with van der Waals surface area (Å²) in [6, 6.07) is 8.21. The summed E-state index contributed by atoms with van der Waals surface area (Å²) < 4.78 is 1.17. The third kappa shape index (κ3) is 2.34. The van der Waals surface area contributed by atoms with E-state index in [2.05, 4.69) is 27.9 Å². The topological polar surface area (TPSA) is 29.1 Å². The number of fused-ring (bicyclic) bond motifs is 2. The van der Waals surface area contributed by atoms with E-state index >= 15 is 0 Å². The first-order chi connectivity index (χ1) is 8.22. The number of carbonyl (C=O) groups excluding carboxylic acids is 1. The van der Waals surface area contributed by atoms with Gasteiger partial charge in [-0.15, -0.1) is 0 Å². The van der Waals surface area contributed by atoms with E-state index in [0.717, 1.165) is 17.4 Å². The predicted molar refractivity (Wildman–Crippen MR) is 75.9 cm³/mol. The lowest BCUT2D eigenvalue weighted by atomic mass is 9.95. The molecule has 3 atom stereocenters. The second kappa shape index (κ2) is 4.59. The number of amides is 1. The molecule has 2 nitrogen and oxygen atoms in total. The summed E-state index contributed by atoms with van der Waals surface area (Å²) in [7, 11) is 0. The van der Waals surface area contributed by atoms with E-state index < -0.39 is 0 Å². The van der Waals surface area contributed by atoms with Crippen LogP contribution in [0.15, 0.2) is 24.3 Å². The zero-order valence-electron chi connectivity index (χ0n) is 9.66. The maximum Gasteiger partial charge on any atom is 0.251 e. The van der Waals surface area contributed by atoms with Crippen LogP contribution in [0.1, 0.15) is 36.0 Å². The van der Waals surface area contributed by atoms with Crippen LogP contribution in [0.5, 0.6) is 0 Å². The highest BCUT2D eigenvalue weighted by Crippen LogP contribution is 2.44. The van der Waals surface area contributed by atoms with Crippen molar-refractivity contribution in [1.82, 2.24) is 5.32 Å². The van der Waals surface area contributed by atoms with Crippen LogP contribution >= 0.6 is 22.6 Å². The number of nitrogens with one attached hydrogen (secondary N) is 1. The Morgan fingerprint density at radius 2 is 1.94 bits per heavy atom. The molecule has 0 spiro atoms. The Balaban J connectivity index is 1.65. The molecule has 1 aromatic carbocycles. The van der Waals surface area contributed by atoms with E-state index in [-0.39, 0.29) is 5.91 Å². The number of benzene rings is 1. The van der Waals surface area contributed by atoms with Gasteiger partial charge in [-0.1, -0.05) is 6.42 Å². The van der Waals surface area contributed by atoms with E-state index in [1.165, 1.54) is 29.3 Å². The van der Waals surface area contributed by atoms with Gasteiger partial charge in [0.15, 0.2) is 0 Å². The van der Waals surface area contributed by atoms with Gasteiger partial charge in [-0.3, -0.25) is 4.79 Å². The standard InChI is InChI=1S/C14H16INO/c15-12-5-3-10(4-6-12)14(17)16-13-8-9-1-2-11(13)7-9/h3-6,9,11,13H,1-2,7-8H2,(H,16,17)/t9-,11+,13+/m1/s1. The first-order valence-corrected chi connectivity index (χ1v) is 7.36. The molecule has 0 aromatic heterocycles. The molecule has 3 rings (SSSR count). The molecule has 17 heavy (non-hydrogen) atoms. The average molecular weight is 341 g/mol. The molecule has 1 amide bonds. The fourth-order valence-corrected chi connectivity index (χ4v) is 3.63. The summed E-state index contributed by atoms with van der Waals surface area (Å²) in [5, 5.41) is 3.20. The fourth-order valence-electron chi connectivity index (χ4n) is 3.27. The van der Waals surface area contributed by atoms with E-state index in [1.54, 1.807) is 0 Å². The van der Waals surface area contributed by atoms with Crippen LogP contribution in [0, 0.1) is 15.4 Å². The average Bonchev–Trinajstić information content (AvgIpc) is 2.91. The van der Waals surface area contributed by atoms with Gasteiger partial charge >= 0.3 is 0 Å². The molecule has 0 unspecified atom stereocenters. The number of rotatable bonds is 2. The van der Waals surface area contributed by atoms with Gasteiger partial charge in [-0.2, -0.15) is 0 Å². The van der Waals surface area contributed by atoms with E-state index in [0.29, 0.717) is 6.04 Å². The maximum absolute atomic E-state index is 12.1. The van der Waals surface area contributed by atoms with Gasteiger partial charge in [0.25, 0.3) is 5.91 Å². The Labute approximate surface area is 115 Å². The molecule has 2 aliphatic carbocycles. The SMILES string of the molecule is O=C(N[C@H]1C[C@@H]2CC[C@H]1C2)c1ccc(I)cc1. The molecule has 3 heteroatoms. The van der Waals surface area contributed by atoms with Crippen molar-refractivity contribution in [3.63, 3.8) is 0 Å². The Kier molecular flexibility index (Phi) is 3.11. The van der Waals surface area contributed by atoms with Crippen LogP contribution in [0.25, 0.3) is 0 Å². The first-order valence-electron chi connectivity index (χ1n) is 6.29. The monoisotopic (exact) mass is 341 g/mol. The van der Waals surface area contributed by atoms with Crippen molar-refractivity contribution in [3.05, 3.63) is 33.4 Å². The predicted octanol–water partition coefficient (Wildman–Crippen LogP) is 3.21. The zero-order chi connectivity index (χ0) is 11.8. The molecule has 0 radical (unpaired) electrons. The van der Waals surface area contributed by atoms with Gasteiger partial charge in [-0.05, 0) is 78.0 Å². The van der Waals surface area contributed by atoms with E-state index in [1.807, 2.05) is 24.3 Å². The van der Waals surface area contributed by atoms with Crippen molar-refractivity contribution in [3.8, 4) is 0 Å². The summed E-state index contributed by atoms with van der Waals surface area (Å²) in [5.74, 6) is 1.72. The number of hydrogen-bond acceptors (Lipinski definition) is 1. The molecule has 2 fully saturated rings. The number of hydrogen-bond donors (Lipinski definition) is 1. The van der Waals surface area contributed by atoms with E-state index in [4.69, 9.17) is 0 Å². The molecular formula is C14H16INO. The smallest absolute Gasteiger partial charge is 0.251 e. The lowest BCUT2D eigenvalue weighted by Gasteiger charge is -2.22. The normalized spacial score (nSPS) is 30.5. The highest BCUT2D eigenvalue weighted by molar-refractivity contribution is 14.1. The molecule has 2 bridgehead atoms. The van der Waals surface area contributed by atoms with E-state index in [9.17, 15) is 4.79 Å². The Morgan fingerprint density at radius 1 is 1.18 bits per heavy atom. The molecule has 1 aromatic rings. The van der Waals surface area contributed by atoms with Crippen molar-refractivity contribution in [2.75, 3.05) is 0 Å². The quantitative estimate of drug-likeness (QED) is 0.823. The Hall–Kier alpha value is -0.580. The lowest BCUT2D eigenvalue weighted by Crippen LogP contribution is -2.38. The largest absolute Gasteiger partial charge is 0.349 e. The first kappa shape index (κ1) is 11.5. The molecule has 2 aliphatic rings. The molecule has 2 saturated carbocycles. The van der Waals surface area contributed by atoms with Gasteiger partial charge < -0.3 is 5.32 Å². The maximum atomic E-state index is 12.1. The summed E-state index contributed by atoms with van der Waals surface area (Å²) in [4.78, 5) is 12.1. The summed E-state index contributed by atoms with van der Waals surface area (Å²) in [5.41, 5.74) is 0.785. The highest BCUT2D eigenvalue weighted by Gasteiger charge is 2.40. The van der Waals surface area contributed by atoms with Crippen molar-refractivity contribution >= 4 is 28.5 Å². The molecule has 0 aliphatic heterocycles. The highest BCUT2D eigenvalue weighted by atomic mass is 127. The fraction of sp³-hybridized carbons (Fsp3) is 0.500. The molecule has 0 saturated heterocycles. The van der Waals surface area contributed by atoms with Gasteiger partial charge in [0.1, 0.15) is 0 Å². The van der Waals surface area contributed by atoms with Crippen molar-refractivity contribution in [1.29, 1.82) is 0 Å². The minimum absolute atomic E-state index is 0.0963. The van der Waals surface area contributed by atoms with Gasteiger partial charge in [0, 0.05) is 15.2 Å². The molecule has 1 N–H and O–H groups in total. The number of halogens is 1. The van der Waals surface area contributed by atoms with Gasteiger partial charge in [0.05, 0.1) is 0 Å². The molecule has 90 valence electrons. The Morgan fingerprint density at radius 3 is 2.53 bits per heavy atom. The molecule has 0 heterocycles. The zero-order valence-corrected chi connectivity index (χ0v) is 11.8. The van der Waals surface area contributed by atoms with Crippen LogP contribution in [-0.4, -0.2) is 11.9 Å². The van der Waals surface area contributed by atoms with Crippen LogP contribution in [0.4, 0.5) is 0 Å². The molecular weight excluding hydrogens is 325 g/mol. The lowest BCUT2D eigenvalue weighted by molar-refractivity contribution is 0.0923. The van der Waals surface area contributed by atoms with Crippen molar-refractivity contribution < 1.29 is 4.79 Å². The van der Waals surface area contributed by atoms with Gasteiger partial charge in [0.2, 0.25) is 0 Å². The van der Waals surface area contributed by atoms with Crippen LogP contribution < -0.4 is 5.32 Å². The van der Waals surface area contributed by atoms with Crippen molar-refractivity contribution in [2.24, 2.45) is 11.8 Å². The van der Waals surface area contributed by atoms with Gasteiger partial charge in [-0.25, -0.2) is 0 Å². The second-order valence-electron chi connectivity index (χ2n) is 5.26. The third-order valence-corrected chi connectivity index (χ3v) is 4.88. The summed E-state index contributed by atoms with van der Waals surface area (Å²) in [6.45, 7) is 0. The van der Waals surface area contributed by atoms with Crippen LogP contribution in [0.3, 0.4) is 0 Å². The summed E-state index contributed by atoms with van der Waals surface area (Å²) in [6.07, 6.45) is 5.21. The minimum atomic E-state index is 0.0963. The minimum Gasteiger partial charge on any atom is -0.349 e. The Bertz CT molecular complexity index is 428. The third-order valence-electron chi connectivity index (χ3n) is 4.16. The second-order valence-corrected chi connectivity index (χ2v) is 6.51.